The Hall–Kier alpha value is -2.67. The van der Waals surface area contributed by atoms with E-state index in [0.717, 1.165) is 48.1 Å². The first-order valence-electron chi connectivity index (χ1n) is 8.18. The number of nitrogen functional groups attached to an aromatic ring is 1. The van der Waals surface area contributed by atoms with Crippen LogP contribution in [0.15, 0.2) is 30.5 Å². The van der Waals surface area contributed by atoms with Crippen LogP contribution in [0.1, 0.15) is 12.6 Å². The van der Waals surface area contributed by atoms with Gasteiger partial charge >= 0.3 is 0 Å². The molecular formula is C17H21N7. The van der Waals surface area contributed by atoms with Gasteiger partial charge in [-0.2, -0.15) is 0 Å². The van der Waals surface area contributed by atoms with E-state index in [2.05, 4.69) is 27.1 Å². The zero-order valence-corrected chi connectivity index (χ0v) is 13.9. The third-order valence-corrected chi connectivity index (χ3v) is 4.38. The van der Waals surface area contributed by atoms with Gasteiger partial charge in [-0.1, -0.05) is 0 Å². The zero-order valence-electron chi connectivity index (χ0n) is 13.9. The van der Waals surface area contributed by atoms with Crippen molar-refractivity contribution in [1.29, 1.82) is 0 Å². The van der Waals surface area contributed by atoms with Crippen molar-refractivity contribution in [2.24, 2.45) is 0 Å². The second-order valence-electron chi connectivity index (χ2n) is 6.28. The van der Waals surface area contributed by atoms with Crippen molar-refractivity contribution in [2.45, 2.75) is 19.9 Å². The average Bonchev–Trinajstić information content (AvgIpc) is 2.89. The molecule has 1 aliphatic heterocycles. The number of piperazine rings is 1. The number of imidazole rings is 1. The Morgan fingerprint density at radius 3 is 2.96 bits per heavy atom. The highest BCUT2D eigenvalue weighted by atomic mass is 15.3. The van der Waals surface area contributed by atoms with Crippen molar-refractivity contribution in [1.82, 2.24) is 24.9 Å². The first-order chi connectivity index (χ1) is 11.6. The minimum absolute atomic E-state index is 0.459. The molecule has 0 aromatic carbocycles. The average molecular weight is 323 g/mol. The number of nitrogens with zero attached hydrogens (tertiary/aromatic N) is 5. The van der Waals surface area contributed by atoms with E-state index in [1.54, 1.807) is 6.20 Å². The van der Waals surface area contributed by atoms with Gasteiger partial charge in [-0.15, -0.1) is 5.10 Å². The first-order valence-corrected chi connectivity index (χ1v) is 8.18. The number of rotatable bonds is 2. The predicted octanol–water partition coefficient (Wildman–Crippen LogP) is 1.48. The molecule has 24 heavy (non-hydrogen) atoms. The fourth-order valence-electron chi connectivity index (χ4n) is 3.27. The molecule has 0 bridgehead atoms. The molecule has 1 fully saturated rings. The highest BCUT2D eigenvalue weighted by Crippen LogP contribution is 2.26. The predicted molar refractivity (Wildman–Crippen MR) is 95.0 cm³/mol. The fraction of sp³-hybridized carbons (Fsp3) is 0.353. The van der Waals surface area contributed by atoms with Crippen LogP contribution in [0.2, 0.25) is 0 Å². The second-order valence-corrected chi connectivity index (χ2v) is 6.28. The molecule has 3 aromatic heterocycles. The largest absolute Gasteiger partial charge is 0.384 e. The summed E-state index contributed by atoms with van der Waals surface area (Å²) in [6.07, 6.45) is 1.71. The Morgan fingerprint density at radius 1 is 1.29 bits per heavy atom. The number of hydrogen-bond donors (Lipinski definition) is 2. The van der Waals surface area contributed by atoms with Crippen LogP contribution in [0, 0.1) is 6.92 Å². The summed E-state index contributed by atoms with van der Waals surface area (Å²) in [6, 6.07) is 8.33. The molecule has 7 nitrogen and oxygen atoms in total. The van der Waals surface area contributed by atoms with Gasteiger partial charge in [0, 0.05) is 37.4 Å². The highest BCUT2D eigenvalue weighted by molar-refractivity contribution is 5.68. The summed E-state index contributed by atoms with van der Waals surface area (Å²) in [4.78, 5) is 11.0. The van der Waals surface area contributed by atoms with Gasteiger partial charge in [0.15, 0.2) is 5.65 Å². The summed E-state index contributed by atoms with van der Waals surface area (Å²) < 4.78 is 1.91. The Bertz CT molecular complexity index is 886. The Balaban J connectivity index is 1.82. The molecule has 0 aliphatic carbocycles. The van der Waals surface area contributed by atoms with Gasteiger partial charge in [0.2, 0.25) is 0 Å². The third kappa shape index (κ3) is 2.56. The molecule has 3 aromatic rings. The normalized spacial score (nSPS) is 18.2. The van der Waals surface area contributed by atoms with Crippen LogP contribution in [0.4, 0.5) is 11.6 Å². The third-order valence-electron chi connectivity index (χ3n) is 4.38. The van der Waals surface area contributed by atoms with Crippen molar-refractivity contribution >= 4 is 17.3 Å². The van der Waals surface area contributed by atoms with E-state index < -0.39 is 0 Å². The van der Waals surface area contributed by atoms with E-state index in [1.165, 1.54) is 0 Å². The Kier molecular flexibility index (Phi) is 3.57. The summed E-state index contributed by atoms with van der Waals surface area (Å²) in [5, 5.41) is 8.31. The molecular weight excluding hydrogens is 302 g/mol. The highest BCUT2D eigenvalue weighted by Gasteiger charge is 2.19. The van der Waals surface area contributed by atoms with Gasteiger partial charge in [0.1, 0.15) is 11.6 Å². The van der Waals surface area contributed by atoms with E-state index in [1.807, 2.05) is 35.7 Å². The molecule has 0 saturated carbocycles. The van der Waals surface area contributed by atoms with Crippen LogP contribution in [0.3, 0.4) is 0 Å². The molecule has 3 N–H and O–H groups in total. The molecule has 0 radical (unpaired) electrons. The molecule has 4 rings (SSSR count). The minimum Gasteiger partial charge on any atom is -0.384 e. The zero-order chi connectivity index (χ0) is 16.7. The molecule has 0 amide bonds. The van der Waals surface area contributed by atoms with Gasteiger partial charge in [0.25, 0.3) is 0 Å². The SMILES string of the molecule is Cc1nc2ccc(N3CCN[C@@H](C)C3)nn2c1-c1ccnc(N)c1. The maximum atomic E-state index is 5.84. The van der Waals surface area contributed by atoms with Crippen molar-refractivity contribution < 1.29 is 0 Å². The van der Waals surface area contributed by atoms with Crippen LogP contribution < -0.4 is 16.0 Å². The lowest BCUT2D eigenvalue weighted by atomic mass is 10.1. The first kappa shape index (κ1) is 14.9. The summed E-state index contributed by atoms with van der Waals surface area (Å²) in [6.45, 7) is 7.06. The van der Waals surface area contributed by atoms with Crippen LogP contribution in [0.5, 0.6) is 0 Å². The summed E-state index contributed by atoms with van der Waals surface area (Å²) >= 11 is 0. The molecule has 124 valence electrons. The number of pyridine rings is 1. The van der Waals surface area contributed by atoms with E-state index in [4.69, 9.17) is 10.8 Å². The Labute approximate surface area is 140 Å². The topological polar surface area (TPSA) is 84.4 Å². The summed E-state index contributed by atoms with van der Waals surface area (Å²) in [5.74, 6) is 1.46. The van der Waals surface area contributed by atoms with Crippen LogP contribution in [0.25, 0.3) is 16.9 Å². The van der Waals surface area contributed by atoms with Crippen molar-refractivity contribution in [3.05, 3.63) is 36.2 Å². The molecule has 4 heterocycles. The van der Waals surface area contributed by atoms with Crippen LogP contribution in [-0.4, -0.2) is 45.3 Å². The Morgan fingerprint density at radius 2 is 2.17 bits per heavy atom. The van der Waals surface area contributed by atoms with Crippen molar-refractivity contribution in [2.75, 3.05) is 30.3 Å². The minimum atomic E-state index is 0.459. The number of aromatic nitrogens is 4. The van der Waals surface area contributed by atoms with Crippen LogP contribution in [-0.2, 0) is 0 Å². The fourth-order valence-corrected chi connectivity index (χ4v) is 3.27. The lowest BCUT2D eigenvalue weighted by Gasteiger charge is -2.32. The maximum absolute atomic E-state index is 5.84. The van der Waals surface area contributed by atoms with Gasteiger partial charge < -0.3 is 16.0 Å². The number of nitrogens with one attached hydrogen (secondary N) is 1. The van der Waals surface area contributed by atoms with Gasteiger partial charge in [0.05, 0.1) is 11.4 Å². The van der Waals surface area contributed by atoms with E-state index >= 15 is 0 Å². The standard InChI is InChI=1S/C17H21N7/c1-11-10-23(8-7-19-11)16-4-3-15-21-12(2)17(24(15)22-16)13-5-6-20-14(18)9-13/h3-6,9,11,19H,7-8,10H2,1-2H3,(H2,18,20)/t11-/m0/s1. The summed E-state index contributed by atoms with van der Waals surface area (Å²) in [7, 11) is 0. The molecule has 1 saturated heterocycles. The van der Waals surface area contributed by atoms with Crippen LogP contribution >= 0.6 is 0 Å². The number of anilines is 2. The van der Waals surface area contributed by atoms with E-state index in [-0.39, 0.29) is 0 Å². The molecule has 1 atom stereocenters. The summed E-state index contributed by atoms with van der Waals surface area (Å²) in [5.41, 5.74) is 9.55. The number of fused-ring (bicyclic) bond motifs is 1. The van der Waals surface area contributed by atoms with E-state index in [0.29, 0.717) is 11.9 Å². The van der Waals surface area contributed by atoms with E-state index in [9.17, 15) is 0 Å². The molecule has 1 aliphatic rings. The number of aryl methyl sites for hydroxylation is 1. The maximum Gasteiger partial charge on any atom is 0.154 e. The molecule has 7 heteroatoms. The molecule has 0 spiro atoms. The quantitative estimate of drug-likeness (QED) is 0.743. The van der Waals surface area contributed by atoms with Gasteiger partial charge in [-0.05, 0) is 38.1 Å². The molecule has 0 unspecified atom stereocenters. The monoisotopic (exact) mass is 323 g/mol. The van der Waals surface area contributed by atoms with Crippen molar-refractivity contribution in [3.63, 3.8) is 0 Å². The number of nitrogens with two attached hydrogens (primary N) is 1. The van der Waals surface area contributed by atoms with Gasteiger partial charge in [-0.3, -0.25) is 0 Å². The second kappa shape index (κ2) is 5.76. The smallest absolute Gasteiger partial charge is 0.154 e. The lowest BCUT2D eigenvalue weighted by molar-refractivity contribution is 0.481. The lowest BCUT2D eigenvalue weighted by Crippen LogP contribution is -2.49. The van der Waals surface area contributed by atoms with Crippen molar-refractivity contribution in [3.8, 4) is 11.3 Å². The van der Waals surface area contributed by atoms with Gasteiger partial charge in [-0.25, -0.2) is 14.5 Å². The number of hydrogen-bond acceptors (Lipinski definition) is 6.